The largest absolute Gasteiger partial charge is 0.387 e. The number of nitrogens with two attached hydrogens (primary N) is 1. The average Bonchev–Trinajstić information content (AvgIpc) is 2.83. The molecule has 104 valence electrons. The molecule has 0 saturated heterocycles. The summed E-state index contributed by atoms with van der Waals surface area (Å²) in [7, 11) is 2.09. The summed E-state index contributed by atoms with van der Waals surface area (Å²) in [4.78, 5) is 12.8. The van der Waals surface area contributed by atoms with Gasteiger partial charge >= 0.3 is 0 Å². The van der Waals surface area contributed by atoms with Crippen LogP contribution in [0.5, 0.6) is 0 Å². The molecule has 0 bridgehead atoms. The van der Waals surface area contributed by atoms with Gasteiger partial charge in [0.05, 0.1) is 18.5 Å². The summed E-state index contributed by atoms with van der Waals surface area (Å²) >= 11 is 1.80. The lowest BCUT2D eigenvalue weighted by molar-refractivity contribution is 0.495. The van der Waals surface area contributed by atoms with Gasteiger partial charge in [0.15, 0.2) is 0 Å². The van der Waals surface area contributed by atoms with Crippen molar-refractivity contribution in [2.45, 2.75) is 38.8 Å². The molecule has 4 nitrogen and oxygen atoms in total. The third kappa shape index (κ3) is 3.80. The van der Waals surface area contributed by atoms with Crippen LogP contribution in [0.1, 0.15) is 25.1 Å². The molecule has 2 heterocycles. The Morgan fingerprint density at radius 1 is 1.37 bits per heavy atom. The second kappa shape index (κ2) is 6.19. The zero-order valence-electron chi connectivity index (χ0n) is 11.8. The highest BCUT2D eigenvalue weighted by Crippen LogP contribution is 2.13. The second-order valence-corrected chi connectivity index (χ2v) is 6.11. The molecule has 1 aromatic rings. The average molecular weight is 278 g/mol. The van der Waals surface area contributed by atoms with Crippen molar-refractivity contribution in [3.8, 4) is 0 Å². The van der Waals surface area contributed by atoms with Crippen LogP contribution in [0.3, 0.4) is 0 Å². The van der Waals surface area contributed by atoms with Crippen LogP contribution in [0.2, 0.25) is 0 Å². The highest BCUT2D eigenvalue weighted by Gasteiger charge is 2.19. The van der Waals surface area contributed by atoms with E-state index in [2.05, 4.69) is 48.3 Å². The molecule has 2 atom stereocenters. The predicted octanol–water partition coefficient (Wildman–Crippen LogP) is 2.16. The van der Waals surface area contributed by atoms with Crippen molar-refractivity contribution in [3.05, 3.63) is 22.4 Å². The Labute approximate surface area is 119 Å². The van der Waals surface area contributed by atoms with Gasteiger partial charge in [0.1, 0.15) is 11.7 Å². The third-order valence-electron chi connectivity index (χ3n) is 3.47. The lowest BCUT2D eigenvalue weighted by Crippen LogP contribution is -2.32. The normalized spacial score (nSPS) is 23.5. The van der Waals surface area contributed by atoms with Crippen LogP contribution in [-0.2, 0) is 6.42 Å². The van der Waals surface area contributed by atoms with Crippen molar-refractivity contribution in [2.75, 3.05) is 13.6 Å². The van der Waals surface area contributed by atoms with Crippen LogP contribution < -0.4 is 5.73 Å². The van der Waals surface area contributed by atoms with Crippen LogP contribution >= 0.6 is 11.3 Å². The minimum atomic E-state index is 0.170. The maximum absolute atomic E-state index is 5.95. The molecule has 0 spiro atoms. The molecular formula is C14H22N4S. The molecule has 5 heteroatoms. The lowest BCUT2D eigenvalue weighted by Gasteiger charge is -2.21. The van der Waals surface area contributed by atoms with Crippen LogP contribution in [0.4, 0.5) is 0 Å². The molecule has 0 radical (unpaired) electrons. The molecule has 2 rings (SSSR count). The van der Waals surface area contributed by atoms with Crippen molar-refractivity contribution in [2.24, 2.45) is 15.7 Å². The van der Waals surface area contributed by atoms with E-state index < -0.39 is 0 Å². The number of hydrogen-bond donors (Lipinski definition) is 1. The fourth-order valence-corrected chi connectivity index (χ4v) is 2.76. The van der Waals surface area contributed by atoms with Crippen LogP contribution in [0, 0.1) is 0 Å². The Kier molecular flexibility index (Phi) is 4.58. The molecular weight excluding hydrogens is 256 g/mol. The van der Waals surface area contributed by atoms with Crippen molar-refractivity contribution in [3.63, 3.8) is 0 Å². The summed E-state index contributed by atoms with van der Waals surface area (Å²) in [5.74, 6) is 1.74. The van der Waals surface area contributed by atoms with E-state index in [0.29, 0.717) is 12.3 Å². The minimum absolute atomic E-state index is 0.170. The zero-order valence-corrected chi connectivity index (χ0v) is 12.7. The quantitative estimate of drug-likeness (QED) is 0.921. The summed E-state index contributed by atoms with van der Waals surface area (Å²) in [6.45, 7) is 5.13. The van der Waals surface area contributed by atoms with Gasteiger partial charge in [0.2, 0.25) is 0 Å². The summed E-state index contributed by atoms with van der Waals surface area (Å²) in [6.07, 6.45) is 1.71. The van der Waals surface area contributed by atoms with E-state index in [0.717, 1.165) is 18.8 Å². The van der Waals surface area contributed by atoms with Crippen molar-refractivity contribution in [1.29, 1.82) is 0 Å². The predicted molar refractivity (Wildman–Crippen MR) is 83.3 cm³/mol. The van der Waals surface area contributed by atoms with Crippen LogP contribution in [-0.4, -0.2) is 42.2 Å². The highest BCUT2D eigenvalue weighted by atomic mass is 32.1. The van der Waals surface area contributed by atoms with Gasteiger partial charge in [-0.3, -0.25) is 9.98 Å². The fourth-order valence-electron chi connectivity index (χ4n) is 2.06. The van der Waals surface area contributed by atoms with Crippen molar-refractivity contribution < 1.29 is 0 Å². The van der Waals surface area contributed by atoms with Crippen LogP contribution in [0.15, 0.2) is 27.5 Å². The molecule has 1 aliphatic heterocycles. The monoisotopic (exact) mass is 278 g/mol. The Hall–Kier alpha value is -1.36. The standard InChI is InChI=1S/C14H22N4S/c1-10-11(2)17-14(9-13(15)16-10)18(3)7-6-12-5-4-8-19-12/h4-5,8,10-11H,6-7,9H2,1-3H3,(H2,15,16). The van der Waals surface area contributed by atoms with E-state index in [-0.39, 0.29) is 12.1 Å². The van der Waals surface area contributed by atoms with E-state index in [1.807, 2.05) is 0 Å². The van der Waals surface area contributed by atoms with Crippen LogP contribution in [0.25, 0.3) is 0 Å². The van der Waals surface area contributed by atoms with Crippen molar-refractivity contribution in [1.82, 2.24) is 4.90 Å². The van der Waals surface area contributed by atoms with Gasteiger partial charge in [0.25, 0.3) is 0 Å². The number of amidine groups is 2. The second-order valence-electron chi connectivity index (χ2n) is 5.07. The smallest absolute Gasteiger partial charge is 0.107 e. The van der Waals surface area contributed by atoms with Gasteiger partial charge in [-0.25, -0.2) is 0 Å². The zero-order chi connectivity index (χ0) is 13.8. The van der Waals surface area contributed by atoms with E-state index in [4.69, 9.17) is 10.7 Å². The Morgan fingerprint density at radius 2 is 2.11 bits per heavy atom. The van der Waals surface area contributed by atoms with Gasteiger partial charge in [-0.2, -0.15) is 0 Å². The van der Waals surface area contributed by atoms with Gasteiger partial charge in [-0.1, -0.05) is 6.07 Å². The Morgan fingerprint density at radius 3 is 2.79 bits per heavy atom. The minimum Gasteiger partial charge on any atom is -0.387 e. The number of likely N-dealkylation sites (N-methyl/N-ethyl adjacent to an activating group) is 1. The summed E-state index contributed by atoms with van der Waals surface area (Å²) < 4.78 is 0. The topological polar surface area (TPSA) is 54.0 Å². The first-order valence-electron chi connectivity index (χ1n) is 6.68. The van der Waals surface area contributed by atoms with E-state index in [1.54, 1.807) is 11.3 Å². The summed E-state index contributed by atoms with van der Waals surface area (Å²) in [5.41, 5.74) is 5.95. The Bertz CT molecular complexity index is 464. The number of rotatable bonds is 3. The lowest BCUT2D eigenvalue weighted by atomic mass is 10.2. The molecule has 0 saturated carbocycles. The van der Waals surface area contributed by atoms with Gasteiger partial charge in [0, 0.05) is 18.5 Å². The van der Waals surface area contributed by atoms with Gasteiger partial charge < -0.3 is 10.6 Å². The summed E-state index contributed by atoms with van der Waals surface area (Å²) in [6, 6.07) is 4.63. The number of thiophene rings is 1. The molecule has 0 amide bonds. The van der Waals surface area contributed by atoms with Gasteiger partial charge in [-0.15, -0.1) is 11.3 Å². The third-order valence-corrected chi connectivity index (χ3v) is 4.41. The first-order valence-corrected chi connectivity index (χ1v) is 7.56. The molecule has 1 aromatic heterocycles. The molecule has 0 fully saturated rings. The molecule has 0 aliphatic carbocycles. The maximum Gasteiger partial charge on any atom is 0.107 e. The number of hydrogen-bond acceptors (Lipinski definition) is 5. The molecule has 1 aliphatic rings. The molecule has 0 aromatic carbocycles. The van der Waals surface area contributed by atoms with Crippen molar-refractivity contribution >= 4 is 23.0 Å². The Balaban J connectivity index is 1.99. The number of aliphatic imine (C=N–C) groups is 2. The molecule has 2 N–H and O–H groups in total. The first kappa shape index (κ1) is 14.1. The van der Waals surface area contributed by atoms with E-state index >= 15 is 0 Å². The highest BCUT2D eigenvalue weighted by molar-refractivity contribution is 7.09. The molecule has 2 unspecified atom stereocenters. The SMILES string of the molecule is CC1N=C(N)CC(N(C)CCc2cccs2)=NC1C. The number of nitrogens with zero attached hydrogens (tertiary/aromatic N) is 3. The van der Waals surface area contributed by atoms with Gasteiger partial charge in [-0.05, 0) is 31.7 Å². The fraction of sp³-hybridized carbons (Fsp3) is 0.571. The molecule has 19 heavy (non-hydrogen) atoms. The van der Waals surface area contributed by atoms with E-state index in [1.165, 1.54) is 4.88 Å². The van der Waals surface area contributed by atoms with E-state index in [9.17, 15) is 0 Å². The first-order chi connectivity index (χ1) is 9.06. The summed E-state index contributed by atoms with van der Waals surface area (Å²) in [5, 5.41) is 2.12. The maximum atomic E-state index is 5.95.